The van der Waals surface area contributed by atoms with Gasteiger partial charge in [0.2, 0.25) is 0 Å². The number of pyridine rings is 1. The first-order valence-corrected chi connectivity index (χ1v) is 28.4. The molecule has 5 nitrogen and oxygen atoms in total. The third-order valence-corrected chi connectivity index (χ3v) is 16.1. The summed E-state index contributed by atoms with van der Waals surface area (Å²) in [5, 5.41) is 2.19. The van der Waals surface area contributed by atoms with Gasteiger partial charge in [-0.15, -0.1) is 29.7 Å². The molecule has 6 heteroatoms. The summed E-state index contributed by atoms with van der Waals surface area (Å²) >= 11 is 0. The zero-order chi connectivity index (χ0) is 56.4. The SMILES string of the molecule is CC(C)(C)c1ccc(-c2cnc(-n3c4[c-]c(Oc5[c-]c(-n6[c-][n+](-c7c(-c8ccccc8)cccc7-c7cc(C(C)(C)C)cc(C(C)(C)C)c7)c7ccccc76)ccc5)ccc4c4ccccc43)cc2CC(C)(C)c2ccccc2)cc1.[Pt]. The minimum atomic E-state index is -0.158. The van der Waals surface area contributed by atoms with Crippen LogP contribution in [0.2, 0.25) is 0 Å². The number of ether oxygens (including phenoxy) is 1. The summed E-state index contributed by atoms with van der Waals surface area (Å²) in [6.45, 7) is 25.3. The zero-order valence-electron chi connectivity index (χ0n) is 48.9. The summed E-state index contributed by atoms with van der Waals surface area (Å²) in [6.07, 6.45) is 6.74. The molecule has 0 fully saturated rings. The van der Waals surface area contributed by atoms with Gasteiger partial charge in [-0.2, -0.15) is 18.2 Å². The van der Waals surface area contributed by atoms with Crippen molar-refractivity contribution in [3.8, 4) is 62.1 Å². The molecule has 3 heterocycles. The van der Waals surface area contributed by atoms with E-state index in [1.54, 1.807) is 0 Å². The number of nitrogens with zero attached hydrogens (tertiary/aromatic N) is 4. The predicted molar refractivity (Wildman–Crippen MR) is 336 cm³/mol. The second-order valence-electron chi connectivity index (χ2n) is 25.5. The van der Waals surface area contributed by atoms with Crippen LogP contribution in [-0.2, 0) is 49.1 Å². The van der Waals surface area contributed by atoms with E-state index in [0.717, 1.165) is 84.3 Å². The molecule has 0 spiro atoms. The van der Waals surface area contributed by atoms with E-state index in [2.05, 4.69) is 303 Å². The van der Waals surface area contributed by atoms with Crippen molar-refractivity contribution >= 4 is 32.8 Å². The Kier molecular flexibility index (Phi) is 14.7. The van der Waals surface area contributed by atoms with Gasteiger partial charge in [0.1, 0.15) is 5.82 Å². The van der Waals surface area contributed by atoms with Crippen LogP contribution in [0.1, 0.15) is 104 Å². The standard InChI is InChI=1S/C76H70N4O.Pt/c1-73(2,3)55-38-36-52(37-39-55)66-49-77-71(44-54(66)48-76(10,11)56-26-16-13-17-27-56)80-67-33-19-18-30-64(67)65-41-40-61(47-70(65)80)81-60-29-22-28-59(46-60)78-50-79(69-35-21-20-34-68(69)78)72-62(51-24-14-12-15-25-51)31-23-32-63(72)53-42-57(74(4,5)6)45-58(43-53)75(7,8)9;/h12-45,49H,48H2,1-11H3;/q-2;. The number of hydrogen-bond donors (Lipinski definition) is 0. The van der Waals surface area contributed by atoms with Gasteiger partial charge in [0.15, 0.2) is 0 Å². The smallest absolute Gasteiger partial charge is 0.268 e. The van der Waals surface area contributed by atoms with E-state index >= 15 is 0 Å². The molecule has 412 valence electrons. The quantitative estimate of drug-likeness (QED) is 0.0956. The second-order valence-corrected chi connectivity index (χ2v) is 25.5. The number of fused-ring (bicyclic) bond motifs is 4. The van der Waals surface area contributed by atoms with Crippen molar-refractivity contribution in [1.29, 1.82) is 0 Å². The Balaban J connectivity index is 0.00000705. The Morgan fingerprint density at radius 1 is 0.463 bits per heavy atom. The molecule has 82 heavy (non-hydrogen) atoms. The van der Waals surface area contributed by atoms with Crippen molar-refractivity contribution in [2.24, 2.45) is 0 Å². The van der Waals surface area contributed by atoms with Crippen LogP contribution in [0.25, 0.3) is 83.4 Å². The van der Waals surface area contributed by atoms with Crippen LogP contribution in [0, 0.1) is 18.5 Å². The number of aromatic nitrogens is 4. The number of rotatable bonds is 11. The molecule has 0 unspecified atom stereocenters. The Bertz CT molecular complexity index is 4270. The van der Waals surface area contributed by atoms with Crippen LogP contribution in [0.4, 0.5) is 0 Å². The first-order chi connectivity index (χ1) is 38.8. The van der Waals surface area contributed by atoms with Crippen molar-refractivity contribution in [2.45, 2.75) is 104 Å². The molecule has 0 N–H and O–H groups in total. The fourth-order valence-corrected chi connectivity index (χ4v) is 11.5. The number of hydrogen-bond acceptors (Lipinski definition) is 2. The molecular weight excluding hydrogens is 1180 g/mol. The van der Waals surface area contributed by atoms with Crippen molar-refractivity contribution in [3.63, 3.8) is 0 Å². The van der Waals surface area contributed by atoms with Crippen LogP contribution in [-0.4, -0.2) is 14.1 Å². The third kappa shape index (κ3) is 10.8. The minimum absolute atomic E-state index is 0. The molecule has 0 atom stereocenters. The van der Waals surface area contributed by atoms with Crippen LogP contribution >= 0.6 is 0 Å². The van der Waals surface area contributed by atoms with E-state index in [1.807, 2.05) is 18.2 Å². The fraction of sp³-hybridized carbons (Fsp3) is 0.211. The Labute approximate surface area is 499 Å². The van der Waals surface area contributed by atoms with Gasteiger partial charge in [-0.3, -0.25) is 4.57 Å². The molecule has 0 aliphatic heterocycles. The van der Waals surface area contributed by atoms with E-state index in [0.29, 0.717) is 11.5 Å². The molecule has 0 bridgehead atoms. The molecule has 3 aromatic heterocycles. The molecule has 0 saturated carbocycles. The van der Waals surface area contributed by atoms with Gasteiger partial charge in [-0.25, -0.2) is 4.98 Å². The molecule has 0 radical (unpaired) electrons. The summed E-state index contributed by atoms with van der Waals surface area (Å²) in [6, 6.07) is 81.4. The molecule has 9 aromatic carbocycles. The summed E-state index contributed by atoms with van der Waals surface area (Å²) < 4.78 is 13.4. The van der Waals surface area contributed by atoms with E-state index in [4.69, 9.17) is 9.72 Å². The maximum absolute atomic E-state index is 6.84. The van der Waals surface area contributed by atoms with Gasteiger partial charge in [0, 0.05) is 49.8 Å². The molecule has 0 aliphatic rings. The zero-order valence-corrected chi connectivity index (χ0v) is 51.2. The van der Waals surface area contributed by atoms with Crippen molar-refractivity contribution in [1.82, 2.24) is 14.1 Å². The van der Waals surface area contributed by atoms with Crippen LogP contribution in [0.3, 0.4) is 0 Å². The number of imidazole rings is 1. The largest absolute Gasteiger partial charge is 0.510 e. The van der Waals surface area contributed by atoms with Crippen LogP contribution in [0.5, 0.6) is 11.5 Å². The van der Waals surface area contributed by atoms with Gasteiger partial charge in [0.05, 0.1) is 16.7 Å². The van der Waals surface area contributed by atoms with Crippen molar-refractivity contribution in [3.05, 3.63) is 259 Å². The predicted octanol–water partition coefficient (Wildman–Crippen LogP) is 19.0. The van der Waals surface area contributed by atoms with Crippen LogP contribution < -0.4 is 9.30 Å². The van der Waals surface area contributed by atoms with E-state index in [-0.39, 0.29) is 42.7 Å². The summed E-state index contributed by atoms with van der Waals surface area (Å²) in [5.41, 5.74) is 18.8. The Morgan fingerprint density at radius 3 is 1.73 bits per heavy atom. The van der Waals surface area contributed by atoms with E-state index in [9.17, 15) is 0 Å². The average molecular weight is 1250 g/mol. The fourth-order valence-electron chi connectivity index (χ4n) is 11.5. The van der Waals surface area contributed by atoms with Crippen molar-refractivity contribution in [2.75, 3.05) is 0 Å². The molecule has 0 saturated heterocycles. The molecule has 12 aromatic rings. The topological polar surface area (TPSA) is 35.9 Å². The van der Waals surface area contributed by atoms with Gasteiger partial charge in [0.25, 0.3) is 6.33 Å². The first-order valence-electron chi connectivity index (χ1n) is 28.4. The molecular formula is C76H70N4OPt-2. The van der Waals surface area contributed by atoms with Gasteiger partial charge < -0.3 is 13.9 Å². The second kappa shape index (κ2) is 21.7. The average Bonchev–Trinajstić information content (AvgIpc) is 4.21. The molecule has 0 aliphatic carbocycles. The normalized spacial score (nSPS) is 12.3. The monoisotopic (exact) mass is 1250 g/mol. The first kappa shape index (κ1) is 55.8. The van der Waals surface area contributed by atoms with E-state index < -0.39 is 0 Å². The maximum atomic E-state index is 6.84. The summed E-state index contributed by atoms with van der Waals surface area (Å²) in [7, 11) is 0. The van der Waals surface area contributed by atoms with Gasteiger partial charge in [-0.1, -0.05) is 245 Å². The summed E-state index contributed by atoms with van der Waals surface area (Å²) in [5.74, 6) is 1.97. The maximum Gasteiger partial charge on any atom is 0.268 e. The van der Waals surface area contributed by atoms with Gasteiger partial charge in [-0.05, 0) is 107 Å². The third-order valence-electron chi connectivity index (χ3n) is 16.1. The molecule has 0 amide bonds. The Hall–Kier alpha value is -8.11. The van der Waals surface area contributed by atoms with Crippen molar-refractivity contribution < 1.29 is 30.4 Å². The Morgan fingerprint density at radius 2 is 1.05 bits per heavy atom. The minimum Gasteiger partial charge on any atom is -0.510 e. The summed E-state index contributed by atoms with van der Waals surface area (Å²) in [4.78, 5) is 5.30. The van der Waals surface area contributed by atoms with Gasteiger partial charge >= 0.3 is 0 Å². The van der Waals surface area contributed by atoms with Crippen LogP contribution in [0.15, 0.2) is 212 Å². The number of benzene rings is 9. The number of para-hydroxylation sites is 4. The molecule has 12 rings (SSSR count). The van der Waals surface area contributed by atoms with E-state index in [1.165, 1.54) is 33.4 Å².